The molecule has 2 heterocycles. The van der Waals surface area contributed by atoms with Crippen molar-refractivity contribution < 1.29 is 13.2 Å². The number of fused-ring (bicyclic) bond motifs is 1. The van der Waals surface area contributed by atoms with E-state index in [-0.39, 0.29) is 24.0 Å². The molecule has 164 valence electrons. The summed E-state index contributed by atoms with van der Waals surface area (Å²) in [6.07, 6.45) is 2.64. The number of aromatic nitrogens is 2. The highest BCUT2D eigenvalue weighted by atomic mass is 32.2. The van der Waals surface area contributed by atoms with Gasteiger partial charge in [0.05, 0.1) is 17.3 Å². The fourth-order valence-electron chi connectivity index (χ4n) is 4.15. The maximum atomic E-state index is 12.7. The van der Waals surface area contributed by atoms with Crippen molar-refractivity contribution in [3.8, 4) is 0 Å². The average Bonchev–Trinajstić information content (AvgIpc) is 3.02. The van der Waals surface area contributed by atoms with Gasteiger partial charge in [-0.25, -0.2) is 13.2 Å². The Hall–Kier alpha value is -2.91. The van der Waals surface area contributed by atoms with Gasteiger partial charge in [-0.3, -0.25) is 14.3 Å². The summed E-state index contributed by atoms with van der Waals surface area (Å²) in [5, 5.41) is 3.01. The lowest BCUT2D eigenvalue weighted by Crippen LogP contribution is -2.45. The zero-order valence-electron chi connectivity index (χ0n) is 17.4. The van der Waals surface area contributed by atoms with Crippen LogP contribution in [0.3, 0.4) is 0 Å². The first kappa shape index (κ1) is 21.3. The van der Waals surface area contributed by atoms with Crippen molar-refractivity contribution in [2.75, 3.05) is 19.3 Å². The number of benzene rings is 2. The van der Waals surface area contributed by atoms with Crippen LogP contribution in [0.25, 0.3) is 11.0 Å². The van der Waals surface area contributed by atoms with E-state index in [4.69, 9.17) is 0 Å². The van der Waals surface area contributed by atoms with E-state index in [9.17, 15) is 18.0 Å². The summed E-state index contributed by atoms with van der Waals surface area (Å²) in [5.74, 6) is -0.292. The van der Waals surface area contributed by atoms with Crippen molar-refractivity contribution >= 4 is 27.0 Å². The van der Waals surface area contributed by atoms with E-state index in [0.29, 0.717) is 5.52 Å². The Kier molecular flexibility index (Phi) is 5.97. The molecule has 0 spiro atoms. The predicted molar refractivity (Wildman–Crippen MR) is 119 cm³/mol. The summed E-state index contributed by atoms with van der Waals surface area (Å²) >= 11 is 0. The molecule has 1 N–H and O–H groups in total. The summed E-state index contributed by atoms with van der Waals surface area (Å²) in [5.41, 5.74) is 1.24. The first-order valence-corrected chi connectivity index (χ1v) is 12.1. The molecule has 8 nitrogen and oxygen atoms in total. The van der Waals surface area contributed by atoms with Gasteiger partial charge < -0.3 is 5.32 Å². The van der Waals surface area contributed by atoms with Gasteiger partial charge in [-0.1, -0.05) is 42.5 Å². The van der Waals surface area contributed by atoms with E-state index in [1.165, 1.54) is 10.1 Å². The molecule has 1 saturated heterocycles. The number of amides is 1. The van der Waals surface area contributed by atoms with Crippen LogP contribution in [-0.4, -0.2) is 53.2 Å². The van der Waals surface area contributed by atoms with Crippen molar-refractivity contribution in [1.29, 1.82) is 0 Å². The van der Waals surface area contributed by atoms with E-state index in [2.05, 4.69) is 22.3 Å². The van der Waals surface area contributed by atoms with Crippen LogP contribution >= 0.6 is 0 Å². The number of likely N-dealkylation sites (tertiary alicyclic amines) is 1. The fraction of sp³-hybridized carbons (Fsp3) is 0.364. The third-order valence-corrected chi connectivity index (χ3v) is 6.65. The highest BCUT2D eigenvalue weighted by Crippen LogP contribution is 2.16. The maximum Gasteiger partial charge on any atom is 0.343 e. The first-order chi connectivity index (χ1) is 14.8. The number of carbonyl (C=O) groups is 1. The van der Waals surface area contributed by atoms with Gasteiger partial charge in [-0.05, 0) is 30.5 Å². The number of nitrogens with one attached hydrogen (secondary N) is 1. The van der Waals surface area contributed by atoms with Gasteiger partial charge in [0.25, 0.3) is 0 Å². The van der Waals surface area contributed by atoms with E-state index >= 15 is 0 Å². The highest BCUT2D eigenvalue weighted by molar-refractivity contribution is 7.89. The molecular formula is C22H26N4O4S. The monoisotopic (exact) mass is 442 g/mol. The maximum absolute atomic E-state index is 12.7. The quantitative estimate of drug-likeness (QED) is 0.623. The Bertz CT molecular complexity index is 1240. The lowest BCUT2D eigenvalue weighted by atomic mass is 10.0. The smallest absolute Gasteiger partial charge is 0.343 e. The van der Waals surface area contributed by atoms with E-state index in [0.717, 1.165) is 42.7 Å². The Balaban J connectivity index is 1.41. The number of piperidine rings is 1. The number of imidazole rings is 1. The molecule has 31 heavy (non-hydrogen) atoms. The van der Waals surface area contributed by atoms with Crippen molar-refractivity contribution in [2.24, 2.45) is 0 Å². The summed E-state index contributed by atoms with van der Waals surface area (Å²) in [4.78, 5) is 27.8. The third-order valence-electron chi connectivity index (χ3n) is 5.63. The molecule has 0 unspecified atom stereocenters. The number of hydrogen-bond acceptors (Lipinski definition) is 5. The number of carbonyl (C=O) groups excluding carboxylic acids is 1. The second-order valence-corrected chi connectivity index (χ2v) is 9.82. The lowest BCUT2D eigenvalue weighted by molar-refractivity contribution is -0.122. The average molecular weight is 443 g/mol. The lowest BCUT2D eigenvalue weighted by Gasteiger charge is -2.32. The molecule has 0 saturated carbocycles. The van der Waals surface area contributed by atoms with Crippen molar-refractivity contribution in [2.45, 2.75) is 32.0 Å². The Morgan fingerprint density at radius 1 is 1.00 bits per heavy atom. The van der Waals surface area contributed by atoms with E-state index < -0.39 is 15.7 Å². The van der Waals surface area contributed by atoms with Crippen LogP contribution in [0.4, 0.5) is 0 Å². The number of nitrogens with zero attached hydrogens (tertiary/aromatic N) is 3. The zero-order chi connectivity index (χ0) is 22.0. The highest BCUT2D eigenvalue weighted by Gasteiger charge is 2.23. The van der Waals surface area contributed by atoms with Gasteiger partial charge >= 0.3 is 5.69 Å². The SMILES string of the molecule is CS(=O)(=O)n1c(=O)n(CC(=O)NC2CCN(Cc3ccccc3)CC2)c2ccccc21. The van der Waals surface area contributed by atoms with Crippen LogP contribution in [0.2, 0.25) is 0 Å². The molecule has 1 aliphatic heterocycles. The summed E-state index contributed by atoms with van der Waals surface area (Å²) in [6.45, 7) is 2.44. The summed E-state index contributed by atoms with van der Waals surface area (Å²) in [7, 11) is -3.79. The molecule has 9 heteroatoms. The Morgan fingerprint density at radius 2 is 1.61 bits per heavy atom. The molecule has 1 fully saturated rings. The number of para-hydroxylation sites is 2. The normalized spacial score (nSPS) is 15.9. The van der Waals surface area contributed by atoms with Crippen LogP contribution in [0.15, 0.2) is 59.4 Å². The van der Waals surface area contributed by atoms with Crippen LogP contribution in [0.1, 0.15) is 18.4 Å². The molecule has 1 amide bonds. The fourth-order valence-corrected chi connectivity index (χ4v) is 5.04. The molecule has 4 rings (SSSR count). The number of rotatable bonds is 6. The number of hydrogen-bond donors (Lipinski definition) is 1. The molecule has 2 aromatic carbocycles. The van der Waals surface area contributed by atoms with Gasteiger partial charge in [0.1, 0.15) is 6.54 Å². The Morgan fingerprint density at radius 3 is 2.26 bits per heavy atom. The van der Waals surface area contributed by atoms with Crippen molar-refractivity contribution in [3.05, 3.63) is 70.6 Å². The molecule has 1 aromatic heterocycles. The topological polar surface area (TPSA) is 93.4 Å². The van der Waals surface area contributed by atoms with Crippen LogP contribution in [-0.2, 0) is 27.9 Å². The molecular weight excluding hydrogens is 416 g/mol. The molecule has 0 aliphatic carbocycles. The minimum absolute atomic E-state index is 0.0403. The minimum Gasteiger partial charge on any atom is -0.352 e. The van der Waals surface area contributed by atoms with Crippen LogP contribution in [0, 0.1) is 0 Å². The first-order valence-electron chi connectivity index (χ1n) is 10.3. The minimum atomic E-state index is -3.79. The van der Waals surface area contributed by atoms with E-state index in [1.54, 1.807) is 24.3 Å². The van der Waals surface area contributed by atoms with Crippen LogP contribution < -0.4 is 11.0 Å². The Labute approximate surface area is 181 Å². The van der Waals surface area contributed by atoms with Gasteiger partial charge in [-0.2, -0.15) is 3.97 Å². The predicted octanol–water partition coefficient (Wildman–Crippen LogP) is 1.39. The molecule has 1 aliphatic rings. The molecule has 3 aromatic rings. The van der Waals surface area contributed by atoms with Crippen LogP contribution in [0.5, 0.6) is 0 Å². The molecule has 0 radical (unpaired) electrons. The summed E-state index contributed by atoms with van der Waals surface area (Å²) < 4.78 is 26.1. The third kappa shape index (κ3) is 4.72. The van der Waals surface area contributed by atoms with Gasteiger partial charge in [0.2, 0.25) is 15.9 Å². The molecule has 0 atom stereocenters. The van der Waals surface area contributed by atoms with Gasteiger partial charge in [-0.15, -0.1) is 0 Å². The van der Waals surface area contributed by atoms with E-state index in [1.807, 2.05) is 18.2 Å². The van der Waals surface area contributed by atoms with Gasteiger partial charge in [0, 0.05) is 25.7 Å². The second kappa shape index (κ2) is 8.68. The second-order valence-electron chi connectivity index (χ2n) is 7.99. The van der Waals surface area contributed by atoms with Crippen molar-refractivity contribution in [1.82, 2.24) is 18.8 Å². The summed E-state index contributed by atoms with van der Waals surface area (Å²) in [6, 6.07) is 16.9. The standard InChI is InChI=1S/C22H26N4O4S/c1-31(29,30)26-20-10-6-5-9-19(20)25(22(26)28)16-21(27)23-18-11-13-24(14-12-18)15-17-7-3-2-4-8-17/h2-10,18H,11-16H2,1H3,(H,23,27). The largest absolute Gasteiger partial charge is 0.352 e. The van der Waals surface area contributed by atoms with Crippen molar-refractivity contribution in [3.63, 3.8) is 0 Å². The molecule has 0 bridgehead atoms. The van der Waals surface area contributed by atoms with Gasteiger partial charge in [0.15, 0.2) is 0 Å². The zero-order valence-corrected chi connectivity index (χ0v) is 18.2.